The molecule has 0 fully saturated rings. The molecule has 1 atom stereocenters. The highest BCUT2D eigenvalue weighted by molar-refractivity contribution is 7.84. The molecule has 2 rings (SSSR count). The van der Waals surface area contributed by atoms with Crippen molar-refractivity contribution in [2.75, 3.05) is 12.4 Å². The van der Waals surface area contributed by atoms with Crippen LogP contribution in [0.4, 0.5) is 0 Å². The van der Waals surface area contributed by atoms with Gasteiger partial charge >= 0.3 is 5.97 Å². The van der Waals surface area contributed by atoms with Crippen molar-refractivity contribution in [3.63, 3.8) is 0 Å². The molecule has 0 spiro atoms. The van der Waals surface area contributed by atoms with Gasteiger partial charge in [-0.1, -0.05) is 30.3 Å². The minimum atomic E-state index is -0.993. The number of aryl methyl sites for hydroxylation is 1. The van der Waals surface area contributed by atoms with Crippen LogP contribution >= 0.6 is 0 Å². The second kappa shape index (κ2) is 9.23. The first kappa shape index (κ1) is 18.2. The molecule has 128 valence electrons. The van der Waals surface area contributed by atoms with Crippen molar-refractivity contribution in [3.05, 3.63) is 65.2 Å². The summed E-state index contributed by atoms with van der Waals surface area (Å²) in [6.45, 7) is 2.62. The van der Waals surface area contributed by atoms with Gasteiger partial charge in [-0.15, -0.1) is 0 Å². The summed E-state index contributed by atoms with van der Waals surface area (Å²) in [6, 6.07) is 14.5. The number of rotatable bonds is 9. The Morgan fingerprint density at radius 2 is 1.92 bits per heavy atom. The van der Waals surface area contributed by atoms with Crippen molar-refractivity contribution in [1.82, 2.24) is 0 Å². The van der Waals surface area contributed by atoms with E-state index in [1.165, 1.54) is 6.07 Å². The Bertz CT molecular complexity index is 712. The number of hydrogen-bond donors (Lipinski definition) is 1. The van der Waals surface area contributed by atoms with E-state index in [1.807, 2.05) is 37.3 Å². The van der Waals surface area contributed by atoms with E-state index in [2.05, 4.69) is 0 Å². The smallest absolute Gasteiger partial charge is 0.335 e. The third-order valence-electron chi connectivity index (χ3n) is 3.62. The molecule has 0 saturated carbocycles. The molecule has 0 saturated heterocycles. The Balaban J connectivity index is 1.69. The lowest BCUT2D eigenvalue weighted by atomic mass is 10.1. The minimum absolute atomic E-state index is 0.233. The van der Waals surface area contributed by atoms with Crippen LogP contribution in [0.3, 0.4) is 0 Å². The van der Waals surface area contributed by atoms with Crippen LogP contribution in [-0.2, 0) is 16.6 Å². The lowest BCUT2D eigenvalue weighted by molar-refractivity contribution is 0.0696. The molecule has 0 heterocycles. The van der Waals surface area contributed by atoms with Gasteiger partial charge in [0, 0.05) is 22.3 Å². The Morgan fingerprint density at radius 1 is 1.12 bits per heavy atom. The van der Waals surface area contributed by atoms with Crippen molar-refractivity contribution >= 4 is 16.8 Å². The molecule has 0 bridgehead atoms. The van der Waals surface area contributed by atoms with Gasteiger partial charge in [-0.05, 0) is 49.1 Å². The molecule has 2 aromatic carbocycles. The number of unbranched alkanes of at least 4 members (excludes halogenated alkanes) is 1. The number of carboxylic acids is 1. The molecule has 0 aliphatic rings. The van der Waals surface area contributed by atoms with Gasteiger partial charge < -0.3 is 9.84 Å². The van der Waals surface area contributed by atoms with E-state index < -0.39 is 16.8 Å². The second-order valence-corrected chi connectivity index (χ2v) is 7.19. The van der Waals surface area contributed by atoms with E-state index in [4.69, 9.17) is 9.84 Å². The monoisotopic (exact) mass is 346 g/mol. The third-order valence-corrected chi connectivity index (χ3v) is 5.02. The first-order valence-corrected chi connectivity index (χ1v) is 9.40. The van der Waals surface area contributed by atoms with E-state index in [9.17, 15) is 9.00 Å². The largest absolute Gasteiger partial charge is 0.493 e. The third kappa shape index (κ3) is 5.81. The summed E-state index contributed by atoms with van der Waals surface area (Å²) in [5, 5.41) is 8.97. The molecule has 0 aliphatic carbocycles. The molecule has 5 heteroatoms. The SMILES string of the molecule is Cc1ccccc1OCCCCS(=O)Cc1cccc(C(=O)O)c1. The van der Waals surface area contributed by atoms with Crippen molar-refractivity contribution in [1.29, 1.82) is 0 Å². The summed E-state index contributed by atoms with van der Waals surface area (Å²) in [5.41, 5.74) is 2.14. The first-order chi connectivity index (χ1) is 11.6. The van der Waals surface area contributed by atoms with Crippen molar-refractivity contribution in [2.45, 2.75) is 25.5 Å². The van der Waals surface area contributed by atoms with Crippen LogP contribution in [0.1, 0.15) is 34.3 Å². The summed E-state index contributed by atoms with van der Waals surface area (Å²) in [5.74, 6) is 0.911. The van der Waals surface area contributed by atoms with E-state index >= 15 is 0 Å². The van der Waals surface area contributed by atoms with Gasteiger partial charge in [0.2, 0.25) is 0 Å². The van der Waals surface area contributed by atoms with Gasteiger partial charge in [-0.25, -0.2) is 4.79 Å². The lowest BCUT2D eigenvalue weighted by Crippen LogP contribution is -2.05. The maximum absolute atomic E-state index is 12.1. The van der Waals surface area contributed by atoms with Gasteiger partial charge in [0.15, 0.2) is 0 Å². The fraction of sp³-hybridized carbons (Fsp3) is 0.316. The average Bonchev–Trinajstić information content (AvgIpc) is 2.56. The predicted molar refractivity (Wildman–Crippen MR) is 96.0 cm³/mol. The highest BCUT2D eigenvalue weighted by atomic mass is 32.2. The molecular weight excluding hydrogens is 324 g/mol. The van der Waals surface area contributed by atoms with Crippen LogP contribution < -0.4 is 4.74 Å². The van der Waals surface area contributed by atoms with E-state index in [-0.39, 0.29) is 5.56 Å². The van der Waals surface area contributed by atoms with Crippen LogP contribution in [0, 0.1) is 6.92 Å². The fourth-order valence-electron chi connectivity index (χ4n) is 2.32. The maximum Gasteiger partial charge on any atom is 0.335 e. The summed E-state index contributed by atoms with van der Waals surface area (Å²) in [7, 11) is -0.993. The fourth-order valence-corrected chi connectivity index (χ4v) is 3.54. The standard InChI is InChI=1S/C19H22O4S/c1-15-7-2-3-10-18(15)23-11-4-5-12-24(22)14-16-8-6-9-17(13-16)19(20)21/h2-3,6-10,13H,4-5,11-12,14H2,1H3,(H,20,21). The number of benzene rings is 2. The Kier molecular flexibility index (Phi) is 7.00. The Hall–Kier alpha value is -2.14. The Labute approximate surface area is 144 Å². The molecule has 1 N–H and O–H groups in total. The first-order valence-electron chi connectivity index (χ1n) is 7.92. The van der Waals surface area contributed by atoms with Gasteiger partial charge in [0.25, 0.3) is 0 Å². The molecule has 4 nitrogen and oxygen atoms in total. The molecule has 2 aromatic rings. The quantitative estimate of drug-likeness (QED) is 0.702. The van der Waals surface area contributed by atoms with E-state index in [0.717, 1.165) is 29.7 Å². The summed E-state index contributed by atoms with van der Waals surface area (Å²) in [4.78, 5) is 10.9. The molecule has 0 aromatic heterocycles. The summed E-state index contributed by atoms with van der Waals surface area (Å²) in [6.07, 6.45) is 1.66. The topological polar surface area (TPSA) is 63.6 Å². The Morgan fingerprint density at radius 3 is 2.67 bits per heavy atom. The zero-order valence-corrected chi connectivity index (χ0v) is 14.6. The van der Waals surface area contributed by atoms with Crippen LogP contribution in [-0.4, -0.2) is 27.6 Å². The molecule has 0 aliphatic heterocycles. The van der Waals surface area contributed by atoms with Crippen LogP contribution in [0.25, 0.3) is 0 Å². The average molecular weight is 346 g/mol. The van der Waals surface area contributed by atoms with Gasteiger partial charge in [0.05, 0.1) is 12.2 Å². The van der Waals surface area contributed by atoms with Crippen LogP contribution in [0.2, 0.25) is 0 Å². The number of para-hydroxylation sites is 1. The highest BCUT2D eigenvalue weighted by Crippen LogP contribution is 2.16. The lowest BCUT2D eigenvalue weighted by Gasteiger charge is -2.08. The van der Waals surface area contributed by atoms with Gasteiger partial charge in [0.1, 0.15) is 5.75 Å². The summed E-state index contributed by atoms with van der Waals surface area (Å²) < 4.78 is 17.8. The van der Waals surface area contributed by atoms with Crippen molar-refractivity contribution < 1.29 is 18.8 Å². The minimum Gasteiger partial charge on any atom is -0.493 e. The normalized spacial score (nSPS) is 11.9. The molecule has 0 radical (unpaired) electrons. The van der Waals surface area contributed by atoms with E-state index in [0.29, 0.717) is 18.1 Å². The highest BCUT2D eigenvalue weighted by Gasteiger charge is 2.06. The second-order valence-electron chi connectivity index (χ2n) is 5.61. The van der Waals surface area contributed by atoms with E-state index in [1.54, 1.807) is 12.1 Å². The van der Waals surface area contributed by atoms with Crippen LogP contribution in [0.15, 0.2) is 48.5 Å². The molecule has 0 amide bonds. The predicted octanol–water partition coefficient (Wildman–Crippen LogP) is 3.80. The molecule has 1 unspecified atom stereocenters. The van der Waals surface area contributed by atoms with Crippen molar-refractivity contribution in [2.24, 2.45) is 0 Å². The zero-order chi connectivity index (χ0) is 17.4. The van der Waals surface area contributed by atoms with Crippen molar-refractivity contribution in [3.8, 4) is 5.75 Å². The van der Waals surface area contributed by atoms with Crippen LogP contribution in [0.5, 0.6) is 5.75 Å². The van der Waals surface area contributed by atoms with Gasteiger partial charge in [-0.2, -0.15) is 0 Å². The maximum atomic E-state index is 12.1. The molecule has 24 heavy (non-hydrogen) atoms. The number of hydrogen-bond acceptors (Lipinski definition) is 3. The summed E-state index contributed by atoms with van der Waals surface area (Å²) >= 11 is 0. The number of carbonyl (C=O) groups is 1. The number of carboxylic acid groups (broad SMARTS) is 1. The molecular formula is C19H22O4S. The number of ether oxygens (including phenoxy) is 1. The van der Waals surface area contributed by atoms with Gasteiger partial charge in [-0.3, -0.25) is 4.21 Å². The zero-order valence-electron chi connectivity index (χ0n) is 13.7. The number of aromatic carboxylic acids is 1.